The smallest absolute Gasteiger partial charge is 0.0675 e. The van der Waals surface area contributed by atoms with Crippen molar-refractivity contribution >= 4 is 11.6 Å². The van der Waals surface area contributed by atoms with E-state index in [1.54, 1.807) is 0 Å². The molecule has 1 aromatic heterocycles. The van der Waals surface area contributed by atoms with Crippen LogP contribution in [0.3, 0.4) is 0 Å². The number of nitrogens with zero attached hydrogens (tertiary/aromatic N) is 2. The van der Waals surface area contributed by atoms with Gasteiger partial charge in [-0.2, -0.15) is 5.10 Å². The first kappa shape index (κ1) is 12.9. The van der Waals surface area contributed by atoms with Gasteiger partial charge in [0.05, 0.1) is 11.9 Å². The van der Waals surface area contributed by atoms with E-state index < -0.39 is 0 Å². The third-order valence-electron chi connectivity index (χ3n) is 3.36. The molecule has 100 valence electrons. The van der Waals surface area contributed by atoms with Gasteiger partial charge in [-0.1, -0.05) is 41.4 Å². The topological polar surface area (TPSA) is 17.8 Å². The second-order valence-electron chi connectivity index (χ2n) is 4.97. The molecule has 0 N–H and O–H groups in total. The van der Waals surface area contributed by atoms with E-state index in [0.717, 1.165) is 21.8 Å². The first-order valence-electron chi connectivity index (χ1n) is 6.52. The molecule has 0 radical (unpaired) electrons. The van der Waals surface area contributed by atoms with Crippen molar-refractivity contribution in [2.45, 2.75) is 13.8 Å². The minimum absolute atomic E-state index is 0.746. The van der Waals surface area contributed by atoms with Crippen molar-refractivity contribution in [3.63, 3.8) is 0 Å². The summed E-state index contributed by atoms with van der Waals surface area (Å²) in [5.41, 5.74) is 5.79. The fourth-order valence-electron chi connectivity index (χ4n) is 2.31. The first-order chi connectivity index (χ1) is 9.63. The highest BCUT2D eigenvalue weighted by Gasteiger charge is 2.05. The Morgan fingerprint density at radius 2 is 1.70 bits per heavy atom. The van der Waals surface area contributed by atoms with E-state index in [9.17, 15) is 0 Å². The number of rotatable bonds is 2. The molecule has 0 bridgehead atoms. The lowest BCUT2D eigenvalue weighted by Crippen LogP contribution is -1.97. The van der Waals surface area contributed by atoms with Gasteiger partial charge in [0.2, 0.25) is 0 Å². The molecule has 0 aliphatic rings. The zero-order valence-corrected chi connectivity index (χ0v) is 12.2. The van der Waals surface area contributed by atoms with Crippen molar-refractivity contribution in [2.24, 2.45) is 0 Å². The summed E-state index contributed by atoms with van der Waals surface area (Å²) in [7, 11) is 0. The molecule has 0 saturated heterocycles. The largest absolute Gasteiger partial charge is 0.240 e. The average molecular weight is 283 g/mol. The van der Waals surface area contributed by atoms with Crippen LogP contribution in [0.4, 0.5) is 0 Å². The Hall–Kier alpha value is -2.06. The minimum atomic E-state index is 0.746. The van der Waals surface area contributed by atoms with E-state index >= 15 is 0 Å². The Bertz CT molecular complexity index is 742. The molecule has 0 atom stereocenters. The number of aromatic nitrogens is 2. The third-order valence-corrected chi connectivity index (χ3v) is 3.61. The highest BCUT2D eigenvalue weighted by Crippen LogP contribution is 2.23. The van der Waals surface area contributed by atoms with Crippen LogP contribution in [0.15, 0.2) is 54.9 Å². The quantitative estimate of drug-likeness (QED) is 0.659. The molecular weight excluding hydrogens is 268 g/mol. The molecule has 0 aliphatic heterocycles. The highest BCUT2D eigenvalue weighted by molar-refractivity contribution is 6.30. The van der Waals surface area contributed by atoms with Gasteiger partial charge in [-0.15, -0.1) is 0 Å². The van der Waals surface area contributed by atoms with Crippen LogP contribution < -0.4 is 0 Å². The molecule has 0 spiro atoms. The molecule has 1 heterocycles. The molecule has 3 rings (SSSR count). The van der Waals surface area contributed by atoms with Gasteiger partial charge >= 0.3 is 0 Å². The Balaban J connectivity index is 1.99. The maximum absolute atomic E-state index is 5.91. The lowest BCUT2D eigenvalue weighted by atomic mass is 10.1. The van der Waals surface area contributed by atoms with Gasteiger partial charge in [0.1, 0.15) is 0 Å². The van der Waals surface area contributed by atoms with Gasteiger partial charge in [-0.3, -0.25) is 0 Å². The maximum Gasteiger partial charge on any atom is 0.0675 e. The molecule has 0 unspecified atom stereocenters. The van der Waals surface area contributed by atoms with Crippen molar-refractivity contribution in [1.29, 1.82) is 0 Å². The predicted molar refractivity (Wildman–Crippen MR) is 83.5 cm³/mol. The normalized spacial score (nSPS) is 10.8. The van der Waals surface area contributed by atoms with Gasteiger partial charge in [0, 0.05) is 16.8 Å². The summed E-state index contributed by atoms with van der Waals surface area (Å²) >= 11 is 5.91. The second-order valence-corrected chi connectivity index (χ2v) is 5.41. The molecule has 3 aromatic rings. The number of hydrogen-bond acceptors (Lipinski definition) is 1. The molecule has 2 nitrogen and oxygen atoms in total. The zero-order chi connectivity index (χ0) is 14.1. The van der Waals surface area contributed by atoms with Gasteiger partial charge < -0.3 is 0 Å². The van der Waals surface area contributed by atoms with Crippen molar-refractivity contribution in [3.8, 4) is 16.8 Å². The fraction of sp³-hybridized carbons (Fsp3) is 0.118. The summed E-state index contributed by atoms with van der Waals surface area (Å²) < 4.78 is 1.92. The van der Waals surface area contributed by atoms with Gasteiger partial charge in [0.15, 0.2) is 0 Å². The Morgan fingerprint density at radius 3 is 2.40 bits per heavy atom. The summed E-state index contributed by atoms with van der Waals surface area (Å²) in [5, 5.41) is 5.21. The number of aryl methyl sites for hydroxylation is 2. The number of hydrogen-bond donors (Lipinski definition) is 0. The van der Waals surface area contributed by atoms with Crippen molar-refractivity contribution < 1.29 is 0 Å². The fourth-order valence-corrected chi connectivity index (χ4v) is 2.43. The lowest BCUT2D eigenvalue weighted by Gasteiger charge is -2.06. The molecule has 0 aliphatic carbocycles. The molecule has 0 fully saturated rings. The highest BCUT2D eigenvalue weighted by atomic mass is 35.5. The summed E-state index contributed by atoms with van der Waals surface area (Å²) in [6, 6.07) is 14.2. The third kappa shape index (κ3) is 2.47. The SMILES string of the molecule is Cc1ccc(-n2cc(-c3ccc(Cl)cc3)cn2)c(C)c1. The van der Waals surface area contributed by atoms with Crippen LogP contribution in [0.2, 0.25) is 5.02 Å². The van der Waals surface area contributed by atoms with E-state index in [1.807, 2.05) is 41.3 Å². The minimum Gasteiger partial charge on any atom is -0.240 e. The molecule has 3 heteroatoms. The summed E-state index contributed by atoms with van der Waals surface area (Å²) in [6.45, 7) is 4.20. The van der Waals surface area contributed by atoms with Crippen LogP contribution in [0, 0.1) is 13.8 Å². The van der Waals surface area contributed by atoms with Gasteiger partial charge in [-0.25, -0.2) is 4.68 Å². The van der Waals surface area contributed by atoms with E-state index in [1.165, 1.54) is 11.1 Å². The summed E-state index contributed by atoms with van der Waals surface area (Å²) in [4.78, 5) is 0. The molecular formula is C17H15ClN2. The zero-order valence-electron chi connectivity index (χ0n) is 11.5. The monoisotopic (exact) mass is 282 g/mol. The average Bonchev–Trinajstić information content (AvgIpc) is 2.89. The second kappa shape index (κ2) is 5.14. The van der Waals surface area contributed by atoms with Gasteiger partial charge in [0.25, 0.3) is 0 Å². The standard InChI is InChI=1S/C17H15ClN2/c1-12-3-8-17(13(2)9-12)20-11-15(10-19-20)14-4-6-16(18)7-5-14/h3-11H,1-2H3. The van der Waals surface area contributed by atoms with Crippen molar-refractivity contribution in [3.05, 3.63) is 71.0 Å². The lowest BCUT2D eigenvalue weighted by molar-refractivity contribution is 0.872. The van der Waals surface area contributed by atoms with Crippen LogP contribution in [0.25, 0.3) is 16.8 Å². The van der Waals surface area contributed by atoms with Crippen LogP contribution >= 0.6 is 11.6 Å². The van der Waals surface area contributed by atoms with Crippen LogP contribution in [0.1, 0.15) is 11.1 Å². The van der Waals surface area contributed by atoms with Gasteiger partial charge in [-0.05, 0) is 43.2 Å². The first-order valence-corrected chi connectivity index (χ1v) is 6.89. The Morgan fingerprint density at radius 1 is 0.950 bits per heavy atom. The molecule has 0 amide bonds. The number of benzene rings is 2. The van der Waals surface area contributed by atoms with Crippen molar-refractivity contribution in [2.75, 3.05) is 0 Å². The summed E-state index contributed by atoms with van der Waals surface area (Å²) in [6.07, 6.45) is 3.92. The molecule has 2 aromatic carbocycles. The van der Waals surface area contributed by atoms with Crippen LogP contribution in [-0.2, 0) is 0 Å². The molecule has 20 heavy (non-hydrogen) atoms. The summed E-state index contributed by atoms with van der Waals surface area (Å²) in [5.74, 6) is 0. The predicted octanol–water partition coefficient (Wildman–Crippen LogP) is 4.81. The Kier molecular flexibility index (Phi) is 3.33. The maximum atomic E-state index is 5.91. The van der Waals surface area contributed by atoms with Crippen LogP contribution in [-0.4, -0.2) is 9.78 Å². The van der Waals surface area contributed by atoms with E-state index in [2.05, 4.69) is 37.1 Å². The number of halogens is 1. The van der Waals surface area contributed by atoms with E-state index in [0.29, 0.717) is 0 Å². The van der Waals surface area contributed by atoms with Crippen LogP contribution in [0.5, 0.6) is 0 Å². The van der Waals surface area contributed by atoms with E-state index in [-0.39, 0.29) is 0 Å². The molecule has 0 saturated carbocycles. The van der Waals surface area contributed by atoms with E-state index in [4.69, 9.17) is 11.6 Å². The Labute approximate surface area is 123 Å². The van der Waals surface area contributed by atoms with Crippen molar-refractivity contribution in [1.82, 2.24) is 9.78 Å².